The van der Waals surface area contributed by atoms with E-state index in [1.165, 1.54) is 75.8 Å². The van der Waals surface area contributed by atoms with Crippen LogP contribution in [0.5, 0.6) is 0 Å². The molecule has 5 fully saturated rings. The molecule has 7 N–H and O–H groups in total. The second kappa shape index (κ2) is 49.0. The average Bonchev–Trinajstić information content (AvgIpc) is 1.61. The van der Waals surface area contributed by atoms with Gasteiger partial charge in [0.05, 0.1) is 120 Å². The number of nitrogens with zero attached hydrogens (tertiary/aromatic N) is 29. The molecular formula is C101H115N32NaO12. The van der Waals surface area contributed by atoms with Gasteiger partial charge in [-0.25, -0.2) is 68.5 Å². The number of tetrazole rings is 3. The number of carbonyl (C=O) groups excluding carboxylic acids is 5. The van der Waals surface area contributed by atoms with Crippen LogP contribution in [0.4, 0.5) is 17.3 Å². The molecule has 16 aromatic rings. The Morgan fingerprint density at radius 3 is 1.12 bits per heavy atom. The fourth-order valence-corrected chi connectivity index (χ4v) is 15.2. The first-order valence-electron chi connectivity index (χ1n) is 47.2. The number of aromatic nitrogens is 29. The van der Waals surface area contributed by atoms with Gasteiger partial charge >= 0.3 is 47.5 Å². The molecule has 3 amide bonds. The summed E-state index contributed by atoms with van der Waals surface area (Å²) in [5, 5.41) is 69.2. The minimum atomic E-state index is -1.02. The Morgan fingerprint density at radius 1 is 0.425 bits per heavy atom. The van der Waals surface area contributed by atoms with E-state index in [1.54, 1.807) is 158 Å². The van der Waals surface area contributed by atoms with Crippen LogP contribution in [-0.2, 0) is 14.3 Å². The summed E-state index contributed by atoms with van der Waals surface area (Å²) in [6.45, 7) is 21.2. The first-order chi connectivity index (χ1) is 69.2. The molecule has 0 saturated heterocycles. The zero-order chi connectivity index (χ0) is 101. The van der Waals surface area contributed by atoms with Crippen LogP contribution in [0.25, 0.3) is 62.9 Å². The Balaban J connectivity index is 0.000000154. The third-order valence-electron chi connectivity index (χ3n) is 24.0. The van der Waals surface area contributed by atoms with Crippen molar-refractivity contribution in [3.05, 3.63) is 269 Å². The van der Waals surface area contributed by atoms with Crippen LogP contribution in [0.15, 0.2) is 185 Å². The number of aliphatic hydroxyl groups is 2. The SMILES string of the molecule is C.CC(=O)OCC(C)n1nnnc1-c1cccc(NC(=O)c2cc(-n3cnc(C4CC4)c3)c(C)cn2)c1.CCCCOC(=O)c1cc(-n2cnc(C3CC3)c2)c(C)cn1.CO.Cc1cnc(C(=O)Nc2cccc(-c3nnnn3C(C)C)n2)cc1-n1cnc(C2CC2)c1.Cc1cnc(C(=O)Nc2cccc(-c3nnnn3C(C)CO)n2)cc1-n1cnc(C2CC2)c1.Cc1cnc(C(=O)O)cc1-n1cnc(C2CC2)c1.[Na+].[OH-]. The minimum absolute atomic E-state index is 0. The maximum absolute atomic E-state index is 13.1. The van der Waals surface area contributed by atoms with E-state index in [0.717, 1.165) is 105 Å². The number of aryl methyl sites for hydroxylation is 5. The van der Waals surface area contributed by atoms with Crippen molar-refractivity contribution in [2.75, 3.05) is 42.9 Å². The smallest absolute Gasteiger partial charge is 0.870 e. The van der Waals surface area contributed by atoms with E-state index in [2.05, 4.69) is 129 Å². The van der Waals surface area contributed by atoms with Crippen molar-refractivity contribution in [1.29, 1.82) is 0 Å². The quantitative estimate of drug-likeness (QED) is 0.0138. The number of unbranched alkanes of at least 4 members (excludes halogenated alkanes) is 1. The summed E-state index contributed by atoms with van der Waals surface area (Å²) < 4.78 is 24.7. The number of carbonyl (C=O) groups is 6. The number of hydrogen-bond acceptors (Lipinski definition) is 32. The molecule has 0 bridgehead atoms. The molecule has 21 rings (SSSR count). The molecule has 1 aromatic carbocycles. The number of imidazole rings is 5. The van der Waals surface area contributed by atoms with Gasteiger partial charge in [0.2, 0.25) is 11.6 Å². The van der Waals surface area contributed by atoms with Gasteiger partial charge in [-0.05, 0) is 259 Å². The molecule has 146 heavy (non-hydrogen) atoms. The molecule has 5 aliphatic rings. The van der Waals surface area contributed by atoms with Crippen LogP contribution in [0.1, 0.15) is 282 Å². The van der Waals surface area contributed by atoms with Crippen molar-refractivity contribution >= 4 is 53.0 Å². The van der Waals surface area contributed by atoms with Crippen molar-refractivity contribution in [3.8, 4) is 62.9 Å². The largest absolute Gasteiger partial charge is 1.00 e. The van der Waals surface area contributed by atoms with Crippen LogP contribution in [-0.4, -0.2) is 227 Å². The van der Waals surface area contributed by atoms with Crippen LogP contribution in [0.2, 0.25) is 0 Å². The number of nitrogens with one attached hydrogen (secondary N) is 3. The molecule has 2 unspecified atom stereocenters. The fourth-order valence-electron chi connectivity index (χ4n) is 15.2. The predicted octanol–water partition coefficient (Wildman–Crippen LogP) is 11.8. The van der Waals surface area contributed by atoms with Gasteiger partial charge in [0.15, 0.2) is 5.82 Å². The number of rotatable bonds is 30. The van der Waals surface area contributed by atoms with E-state index in [-0.39, 0.29) is 115 Å². The molecule has 15 aromatic heterocycles. The first-order valence-corrected chi connectivity index (χ1v) is 47.2. The van der Waals surface area contributed by atoms with Gasteiger partial charge in [0.25, 0.3) is 17.7 Å². The molecule has 0 spiro atoms. The molecule has 0 radical (unpaired) electrons. The summed E-state index contributed by atoms with van der Waals surface area (Å²) in [5.74, 6) is 2.23. The number of anilines is 3. The summed E-state index contributed by atoms with van der Waals surface area (Å²) in [4.78, 5) is 125. The Kier molecular flexibility index (Phi) is 36.1. The maximum Gasteiger partial charge on any atom is 1.00 e. The number of carboxylic acid groups (broad SMARTS) is 1. The summed E-state index contributed by atoms with van der Waals surface area (Å²) in [6, 6.07) is 25.9. The number of pyridine rings is 7. The van der Waals surface area contributed by atoms with Gasteiger partial charge in [-0.2, -0.15) is 0 Å². The normalized spacial score (nSPS) is 13.6. The molecule has 15 heterocycles. The molecule has 5 saturated carbocycles. The zero-order valence-electron chi connectivity index (χ0n) is 82.6. The zero-order valence-corrected chi connectivity index (χ0v) is 84.6. The summed E-state index contributed by atoms with van der Waals surface area (Å²) in [7, 11) is 1.00. The van der Waals surface area contributed by atoms with E-state index >= 15 is 0 Å². The maximum atomic E-state index is 13.1. The molecule has 0 aliphatic heterocycles. The van der Waals surface area contributed by atoms with E-state index < -0.39 is 5.97 Å². The Labute approximate surface area is 862 Å². The molecule has 45 heteroatoms. The van der Waals surface area contributed by atoms with Gasteiger partial charge in [-0.1, -0.05) is 45.0 Å². The van der Waals surface area contributed by atoms with Crippen molar-refractivity contribution in [1.82, 2.24) is 143 Å². The van der Waals surface area contributed by atoms with E-state index in [4.69, 9.17) is 19.7 Å². The number of carboxylic acids is 1. The van der Waals surface area contributed by atoms with Crippen LogP contribution >= 0.6 is 0 Å². The topological polar surface area (TPSA) is 558 Å². The summed E-state index contributed by atoms with van der Waals surface area (Å²) in [6.07, 6.45) is 41.2. The number of aliphatic hydroxyl groups excluding tert-OH is 2. The van der Waals surface area contributed by atoms with Crippen molar-refractivity contribution < 1.29 is 88.6 Å². The van der Waals surface area contributed by atoms with Crippen LogP contribution < -0.4 is 45.5 Å². The number of ether oxygens (including phenoxy) is 2. The van der Waals surface area contributed by atoms with Gasteiger partial charge < -0.3 is 69.1 Å². The molecular weight excluding hydrogens is 1880 g/mol. The number of aromatic carboxylic acids is 1. The second-order valence-corrected chi connectivity index (χ2v) is 35.9. The van der Waals surface area contributed by atoms with E-state index in [9.17, 15) is 33.9 Å². The number of benzene rings is 1. The van der Waals surface area contributed by atoms with E-state index in [0.29, 0.717) is 105 Å². The molecule has 5 aliphatic carbocycles. The van der Waals surface area contributed by atoms with Crippen molar-refractivity contribution in [3.63, 3.8) is 0 Å². The number of amides is 3. The molecule has 752 valence electrons. The second-order valence-electron chi connectivity index (χ2n) is 35.9. The predicted molar refractivity (Wildman–Crippen MR) is 532 cm³/mol. The number of hydrogen-bond donors (Lipinski definition) is 6. The Bertz CT molecular complexity index is 7240. The number of esters is 2. The van der Waals surface area contributed by atoms with Crippen molar-refractivity contribution in [2.45, 2.75) is 208 Å². The van der Waals surface area contributed by atoms with Crippen molar-refractivity contribution in [2.24, 2.45) is 0 Å². The Hall–Kier alpha value is -15.8. The average molecular weight is 1990 g/mol. The van der Waals surface area contributed by atoms with Crippen LogP contribution in [0.3, 0.4) is 0 Å². The standard InChI is InChI=1S/C25H26N8O3.C22H23N9O2.C22H23N9O.C17H21N3O2.C13H13N3O2.CH4O.CH4.Na.H2O/c1-15-11-26-21(10-23(15)32-12-22(27-14-32)18-7-8-18)25(35)28-20-6-4-5-19(9-20)24-29-30-31-33(24)16(2)13-36-17(3)34;1-13-9-23-17(8-19(13)30-10-18(24-12-30)15-6-7-15)22(33)26-20-5-3-4-16(25-20)21-27-28-29-31(21)14(2)11-32;1-13(2)31-21(27-28-29-31)16-5-4-6-20(25-16)26-22(32)17-9-19(14(3)10-23-17)30-11-18(24-12-30)15-7-8-15;1-3-4-7-22-17(21)14-8-16(12(2)9-18-14)20-10-15(19-11-20)13-5-6-13;1-8-5-14-10(13(17)18)4-12(8)16-6-11(15-7-16)9-2-3-9;1-2;;;/h4-6,9-12,14,16,18H,7-8,13H2,1-3H3,(H,28,35);3-5,8-10,12,14-15,32H,6-7,11H2,1-2H3,(H,25,26,33);4-6,9-13,15H,7-8H2,1-3H3,(H,25,26,32);8-11,13H,3-7H2,1-2H3;4-7,9H,2-3H2,1H3,(H,17,18);2H,1H3;1H4;;1H2/q;;;;;;;+1;/p-1. The molecule has 44 nitrogen and oxygen atoms in total. The van der Waals surface area contributed by atoms with E-state index in [1.807, 2.05) is 122 Å². The Morgan fingerprint density at radius 2 is 0.760 bits per heavy atom. The third-order valence-corrected chi connectivity index (χ3v) is 24.0. The van der Waals surface area contributed by atoms with Gasteiger partial charge in [0, 0.05) is 117 Å². The molecule has 2 atom stereocenters. The monoisotopic (exact) mass is 1990 g/mol. The third kappa shape index (κ3) is 27.0. The van der Waals surface area contributed by atoms with Gasteiger partial charge in [0.1, 0.15) is 58.1 Å². The van der Waals surface area contributed by atoms with Gasteiger partial charge in [-0.15, -0.1) is 15.3 Å². The minimum Gasteiger partial charge on any atom is -0.870 e. The summed E-state index contributed by atoms with van der Waals surface area (Å²) >= 11 is 0. The summed E-state index contributed by atoms with van der Waals surface area (Å²) in [5.41, 5.74) is 18.2. The first kappa shape index (κ1) is 108. The van der Waals surface area contributed by atoms with Crippen LogP contribution in [0, 0.1) is 34.6 Å². The van der Waals surface area contributed by atoms with Gasteiger partial charge in [-0.3, -0.25) is 34.1 Å². The fraction of sp³-hybridized carbons (Fsp3) is 0.356.